The van der Waals surface area contributed by atoms with Crippen LogP contribution in [-0.4, -0.2) is 19.7 Å². The molecule has 0 radical (unpaired) electrons. The van der Waals surface area contributed by atoms with Crippen LogP contribution in [0.1, 0.15) is 25.7 Å². The number of hydrogen-bond donors (Lipinski definition) is 1. The molecule has 3 aromatic rings. The third-order valence-corrected chi connectivity index (χ3v) is 3.26. The zero-order valence-electron chi connectivity index (χ0n) is 12.0. The van der Waals surface area contributed by atoms with Crippen molar-refractivity contribution < 1.29 is 4.74 Å². The van der Waals surface area contributed by atoms with E-state index in [-0.39, 0.29) is 6.04 Å². The highest BCUT2D eigenvalue weighted by molar-refractivity contribution is 5.79. The van der Waals surface area contributed by atoms with Gasteiger partial charge in [0, 0.05) is 24.2 Å². The molecule has 21 heavy (non-hydrogen) atoms. The van der Waals surface area contributed by atoms with E-state index in [9.17, 15) is 0 Å². The Labute approximate surface area is 122 Å². The third kappa shape index (κ3) is 2.57. The molecule has 0 fully saturated rings. The van der Waals surface area contributed by atoms with Gasteiger partial charge in [-0.25, -0.2) is 0 Å². The first kappa shape index (κ1) is 13.5. The first-order valence-corrected chi connectivity index (χ1v) is 6.90. The Morgan fingerprint density at radius 2 is 2.14 bits per heavy atom. The molecule has 0 saturated heterocycles. The maximum Gasteiger partial charge on any atom is 0.322 e. The molecule has 0 aliphatic rings. The van der Waals surface area contributed by atoms with Crippen LogP contribution in [0.4, 0.5) is 0 Å². The number of hydrogen-bond acceptors (Lipinski definition) is 5. The maximum absolute atomic E-state index is 5.88. The largest absolute Gasteiger partial charge is 0.424 e. The summed E-state index contributed by atoms with van der Waals surface area (Å²) in [6.45, 7) is 4.58. The van der Waals surface area contributed by atoms with Crippen LogP contribution in [0, 0.1) is 0 Å². The van der Waals surface area contributed by atoms with Gasteiger partial charge in [-0.1, -0.05) is 11.2 Å². The molecule has 0 aliphatic heterocycles. The van der Waals surface area contributed by atoms with Crippen molar-refractivity contribution in [3.63, 3.8) is 0 Å². The molecule has 2 aromatic heterocycles. The maximum atomic E-state index is 5.88. The minimum atomic E-state index is -0.187. The number of rotatable bonds is 4. The lowest BCUT2D eigenvalue weighted by molar-refractivity contribution is 0.409. The van der Waals surface area contributed by atoms with Crippen molar-refractivity contribution in [2.75, 3.05) is 0 Å². The van der Waals surface area contributed by atoms with E-state index in [0.717, 1.165) is 10.9 Å². The Morgan fingerprint density at radius 1 is 1.29 bits per heavy atom. The van der Waals surface area contributed by atoms with Crippen molar-refractivity contribution in [3.05, 3.63) is 42.4 Å². The number of nitrogens with two attached hydrogens (primary N) is 1. The molecular formula is C15H17N5O. The lowest BCUT2D eigenvalue weighted by Crippen LogP contribution is -2.13. The van der Waals surface area contributed by atoms with Gasteiger partial charge in [-0.2, -0.15) is 0 Å². The van der Waals surface area contributed by atoms with E-state index in [0.29, 0.717) is 24.1 Å². The highest BCUT2D eigenvalue weighted by Gasteiger charge is 2.15. The van der Waals surface area contributed by atoms with Crippen molar-refractivity contribution in [2.24, 2.45) is 5.73 Å². The molecular weight excluding hydrogens is 266 g/mol. The summed E-state index contributed by atoms with van der Waals surface area (Å²) in [5.74, 6) is 1.39. The normalized spacial score (nSPS) is 12.5. The number of benzene rings is 1. The Kier molecular flexibility index (Phi) is 3.53. The molecule has 6 heteroatoms. The topological polar surface area (TPSA) is 78.8 Å². The second-order valence-electron chi connectivity index (χ2n) is 4.83. The van der Waals surface area contributed by atoms with Crippen molar-refractivity contribution in [3.8, 4) is 11.8 Å². The Bertz CT molecular complexity index is 766. The summed E-state index contributed by atoms with van der Waals surface area (Å²) in [6.07, 6.45) is 1.76. The molecule has 2 heterocycles. The van der Waals surface area contributed by atoms with Gasteiger partial charge in [0.2, 0.25) is 0 Å². The molecule has 0 aliphatic carbocycles. The van der Waals surface area contributed by atoms with E-state index >= 15 is 0 Å². The number of pyridine rings is 1. The van der Waals surface area contributed by atoms with Crippen LogP contribution < -0.4 is 10.5 Å². The molecule has 0 unspecified atom stereocenters. The van der Waals surface area contributed by atoms with Crippen LogP contribution in [0.5, 0.6) is 11.8 Å². The zero-order chi connectivity index (χ0) is 14.8. The van der Waals surface area contributed by atoms with E-state index in [4.69, 9.17) is 10.5 Å². The summed E-state index contributed by atoms with van der Waals surface area (Å²) in [4.78, 5) is 4.32. The monoisotopic (exact) mass is 283 g/mol. The molecule has 6 nitrogen and oxygen atoms in total. The molecule has 0 amide bonds. The third-order valence-electron chi connectivity index (χ3n) is 3.26. The SMILES string of the molecule is CCn1c(Oc2ccc3cccnc3c2)nnc1[C@@H](C)N. The fraction of sp³-hybridized carbons (Fsp3) is 0.267. The summed E-state index contributed by atoms with van der Waals surface area (Å²) >= 11 is 0. The summed E-state index contributed by atoms with van der Waals surface area (Å²) in [5.41, 5.74) is 6.76. The molecule has 1 aromatic carbocycles. The van der Waals surface area contributed by atoms with Crippen LogP contribution in [0.25, 0.3) is 10.9 Å². The fourth-order valence-electron chi connectivity index (χ4n) is 2.22. The van der Waals surface area contributed by atoms with Crippen LogP contribution in [0.3, 0.4) is 0 Å². The summed E-state index contributed by atoms with van der Waals surface area (Å²) in [7, 11) is 0. The predicted octanol–water partition coefficient (Wildman–Crippen LogP) is 2.66. The van der Waals surface area contributed by atoms with Gasteiger partial charge in [-0.15, -0.1) is 5.10 Å². The molecule has 108 valence electrons. The van der Waals surface area contributed by atoms with Crippen LogP contribution in [0.2, 0.25) is 0 Å². The lowest BCUT2D eigenvalue weighted by Gasteiger charge is -2.10. The van der Waals surface area contributed by atoms with E-state index in [1.54, 1.807) is 6.20 Å². The standard InChI is InChI=1S/C15H17N5O/c1-3-20-14(10(2)16)18-19-15(20)21-12-7-6-11-5-4-8-17-13(11)9-12/h4-10H,3,16H2,1-2H3/t10-/m1/s1. The van der Waals surface area contributed by atoms with E-state index < -0.39 is 0 Å². The molecule has 3 rings (SSSR count). The van der Waals surface area contributed by atoms with Gasteiger partial charge in [0.1, 0.15) is 5.75 Å². The highest BCUT2D eigenvalue weighted by atomic mass is 16.5. The quantitative estimate of drug-likeness (QED) is 0.796. The van der Waals surface area contributed by atoms with Crippen molar-refractivity contribution in [1.29, 1.82) is 0 Å². The van der Waals surface area contributed by atoms with Gasteiger partial charge in [-0.05, 0) is 32.0 Å². The Hall–Kier alpha value is -2.47. The second-order valence-corrected chi connectivity index (χ2v) is 4.83. The fourth-order valence-corrected chi connectivity index (χ4v) is 2.22. The summed E-state index contributed by atoms with van der Waals surface area (Å²) in [6, 6.07) is 9.92. The molecule has 1 atom stereocenters. The molecule has 0 bridgehead atoms. The highest BCUT2D eigenvalue weighted by Crippen LogP contribution is 2.25. The predicted molar refractivity (Wildman–Crippen MR) is 80.1 cm³/mol. The van der Waals surface area contributed by atoms with E-state index in [2.05, 4.69) is 15.2 Å². The minimum absolute atomic E-state index is 0.187. The van der Waals surface area contributed by atoms with Gasteiger partial charge >= 0.3 is 6.01 Å². The number of nitrogens with zero attached hydrogens (tertiary/aromatic N) is 4. The average molecular weight is 283 g/mol. The second kappa shape index (κ2) is 5.49. The van der Waals surface area contributed by atoms with Crippen molar-refractivity contribution in [1.82, 2.24) is 19.7 Å². The van der Waals surface area contributed by atoms with Crippen LogP contribution >= 0.6 is 0 Å². The van der Waals surface area contributed by atoms with Gasteiger partial charge in [-0.3, -0.25) is 9.55 Å². The van der Waals surface area contributed by atoms with Crippen molar-refractivity contribution >= 4 is 10.9 Å². The lowest BCUT2D eigenvalue weighted by atomic mass is 10.2. The Balaban J connectivity index is 1.95. The smallest absolute Gasteiger partial charge is 0.322 e. The molecule has 0 spiro atoms. The van der Waals surface area contributed by atoms with E-state index in [1.807, 2.05) is 48.7 Å². The Morgan fingerprint density at radius 3 is 2.90 bits per heavy atom. The summed E-state index contributed by atoms with van der Waals surface area (Å²) in [5, 5.41) is 9.23. The van der Waals surface area contributed by atoms with Gasteiger partial charge in [0.15, 0.2) is 5.82 Å². The minimum Gasteiger partial charge on any atom is -0.424 e. The van der Waals surface area contributed by atoms with Crippen LogP contribution in [0.15, 0.2) is 36.5 Å². The first-order valence-electron chi connectivity index (χ1n) is 6.90. The van der Waals surface area contributed by atoms with Crippen LogP contribution in [-0.2, 0) is 6.54 Å². The van der Waals surface area contributed by atoms with Gasteiger partial charge in [0.05, 0.1) is 11.6 Å². The van der Waals surface area contributed by atoms with Gasteiger partial charge in [0.25, 0.3) is 0 Å². The van der Waals surface area contributed by atoms with Gasteiger partial charge < -0.3 is 10.5 Å². The number of ether oxygens (including phenoxy) is 1. The average Bonchev–Trinajstić information content (AvgIpc) is 2.90. The zero-order valence-corrected chi connectivity index (χ0v) is 12.0. The molecule has 2 N–H and O–H groups in total. The number of aromatic nitrogens is 4. The van der Waals surface area contributed by atoms with Crippen molar-refractivity contribution in [2.45, 2.75) is 26.4 Å². The first-order chi connectivity index (χ1) is 10.2. The number of fused-ring (bicyclic) bond motifs is 1. The van der Waals surface area contributed by atoms with E-state index in [1.165, 1.54) is 0 Å². The summed E-state index contributed by atoms with van der Waals surface area (Å²) < 4.78 is 7.70. The molecule has 0 saturated carbocycles.